The first-order chi connectivity index (χ1) is 9.29. The monoisotopic (exact) mass is 259 g/mol. The second-order valence-corrected chi connectivity index (χ2v) is 4.16. The number of nitrogens with two attached hydrogens (primary N) is 1. The van der Waals surface area contributed by atoms with Gasteiger partial charge in [-0.2, -0.15) is 0 Å². The van der Waals surface area contributed by atoms with Gasteiger partial charge in [-0.25, -0.2) is 4.98 Å². The van der Waals surface area contributed by atoms with Crippen LogP contribution in [0.5, 0.6) is 0 Å². The van der Waals surface area contributed by atoms with Crippen LogP contribution in [0.15, 0.2) is 48.1 Å². The summed E-state index contributed by atoms with van der Waals surface area (Å²) in [6.07, 6.45) is 5.49. The zero-order valence-corrected chi connectivity index (χ0v) is 10.5. The van der Waals surface area contributed by atoms with Crippen LogP contribution in [0.3, 0.4) is 0 Å². The molecule has 6 nitrogen and oxygen atoms in total. The molecule has 0 fully saturated rings. The van der Waals surface area contributed by atoms with Gasteiger partial charge in [0.15, 0.2) is 5.84 Å². The van der Waals surface area contributed by atoms with Crippen molar-refractivity contribution in [2.24, 2.45) is 10.9 Å². The van der Waals surface area contributed by atoms with Gasteiger partial charge in [0.1, 0.15) is 0 Å². The van der Waals surface area contributed by atoms with Crippen LogP contribution in [0.4, 0.5) is 0 Å². The maximum Gasteiger partial charge on any atom is 0.170 e. The van der Waals surface area contributed by atoms with Crippen LogP contribution in [0.2, 0.25) is 0 Å². The first-order valence-corrected chi connectivity index (χ1v) is 6.03. The molecule has 0 aliphatic heterocycles. The molecule has 1 aromatic carbocycles. The minimum Gasteiger partial charge on any atom is -0.409 e. The highest BCUT2D eigenvalue weighted by Crippen LogP contribution is 2.04. The van der Waals surface area contributed by atoms with Crippen LogP contribution in [0.1, 0.15) is 11.1 Å². The zero-order chi connectivity index (χ0) is 13.5. The highest BCUT2D eigenvalue weighted by atomic mass is 16.4. The van der Waals surface area contributed by atoms with Crippen molar-refractivity contribution >= 4 is 5.84 Å². The Balaban J connectivity index is 1.82. The maximum absolute atomic E-state index is 8.64. The number of aromatic nitrogens is 2. The molecule has 0 radical (unpaired) electrons. The lowest BCUT2D eigenvalue weighted by molar-refractivity contribution is 0.318. The first kappa shape index (κ1) is 13.1. The van der Waals surface area contributed by atoms with Crippen molar-refractivity contribution in [1.29, 1.82) is 0 Å². The van der Waals surface area contributed by atoms with Gasteiger partial charge in [0, 0.05) is 37.6 Å². The summed E-state index contributed by atoms with van der Waals surface area (Å²) in [6.45, 7) is 2.46. The van der Waals surface area contributed by atoms with E-state index in [-0.39, 0.29) is 5.84 Å². The van der Waals surface area contributed by atoms with E-state index < -0.39 is 0 Å². The van der Waals surface area contributed by atoms with Crippen molar-refractivity contribution in [2.45, 2.75) is 13.1 Å². The molecule has 1 heterocycles. The summed E-state index contributed by atoms with van der Waals surface area (Å²) in [7, 11) is 0. The van der Waals surface area contributed by atoms with Crippen molar-refractivity contribution in [3.8, 4) is 0 Å². The standard InChI is InChI=1S/C13H17N5O/c14-13(17-19)12-3-1-2-11(8-12)9-15-4-6-18-7-5-16-10-18/h1-3,5,7-8,10,15,19H,4,6,9H2,(H2,14,17). The van der Waals surface area contributed by atoms with Gasteiger partial charge in [0.25, 0.3) is 0 Å². The molecule has 0 aliphatic carbocycles. The van der Waals surface area contributed by atoms with Crippen LogP contribution in [0, 0.1) is 0 Å². The molecule has 0 amide bonds. The molecule has 1 aromatic heterocycles. The van der Waals surface area contributed by atoms with Crippen LogP contribution >= 0.6 is 0 Å². The molecule has 6 heteroatoms. The maximum atomic E-state index is 8.64. The molecule has 0 bridgehead atoms. The van der Waals surface area contributed by atoms with E-state index in [0.717, 1.165) is 30.8 Å². The summed E-state index contributed by atoms with van der Waals surface area (Å²) in [6, 6.07) is 7.60. The van der Waals surface area contributed by atoms with E-state index in [1.165, 1.54) is 0 Å². The molecule has 0 aliphatic rings. The van der Waals surface area contributed by atoms with Gasteiger partial charge >= 0.3 is 0 Å². The average molecular weight is 259 g/mol. The predicted octanol–water partition coefficient (Wildman–Crippen LogP) is 0.767. The molecular formula is C13H17N5O. The van der Waals surface area contributed by atoms with Crippen LogP contribution in [-0.4, -0.2) is 27.1 Å². The Morgan fingerprint density at radius 2 is 2.37 bits per heavy atom. The third kappa shape index (κ3) is 3.82. The molecular weight excluding hydrogens is 242 g/mol. The fourth-order valence-corrected chi connectivity index (χ4v) is 1.76. The summed E-state index contributed by atoms with van der Waals surface area (Å²) in [5.41, 5.74) is 7.36. The van der Waals surface area contributed by atoms with Gasteiger partial charge in [-0.05, 0) is 11.6 Å². The third-order valence-corrected chi connectivity index (χ3v) is 2.77. The Labute approximate surface area is 111 Å². The molecule has 0 atom stereocenters. The SMILES string of the molecule is NC(=NO)c1cccc(CNCCn2ccnc2)c1. The Hall–Kier alpha value is -2.34. The summed E-state index contributed by atoms with van der Waals surface area (Å²) in [5, 5.41) is 15.0. The largest absolute Gasteiger partial charge is 0.409 e. The molecule has 0 spiro atoms. The minimum atomic E-state index is 0.125. The molecule has 2 rings (SSSR count). The number of imidazole rings is 1. The van der Waals surface area contributed by atoms with Crippen molar-refractivity contribution in [3.05, 3.63) is 54.1 Å². The Morgan fingerprint density at radius 1 is 1.47 bits per heavy atom. The topological polar surface area (TPSA) is 88.5 Å². The summed E-state index contributed by atoms with van der Waals surface area (Å²) < 4.78 is 2.01. The molecule has 0 saturated heterocycles. The van der Waals surface area contributed by atoms with E-state index in [4.69, 9.17) is 10.9 Å². The molecule has 0 saturated carbocycles. The minimum absolute atomic E-state index is 0.125. The molecule has 4 N–H and O–H groups in total. The van der Waals surface area contributed by atoms with Crippen LogP contribution < -0.4 is 11.1 Å². The number of amidine groups is 1. The van der Waals surface area contributed by atoms with Crippen molar-refractivity contribution < 1.29 is 5.21 Å². The summed E-state index contributed by atoms with van der Waals surface area (Å²) in [5.74, 6) is 0.125. The Kier molecular flexibility index (Phi) is 4.52. The number of rotatable bonds is 6. The van der Waals surface area contributed by atoms with Crippen LogP contribution in [0.25, 0.3) is 0 Å². The molecule has 19 heavy (non-hydrogen) atoms. The smallest absolute Gasteiger partial charge is 0.170 e. The van der Waals surface area contributed by atoms with Crippen LogP contribution in [-0.2, 0) is 13.1 Å². The lowest BCUT2D eigenvalue weighted by Crippen LogP contribution is -2.19. The Bertz CT molecular complexity index is 536. The lowest BCUT2D eigenvalue weighted by atomic mass is 10.1. The normalized spacial score (nSPS) is 11.7. The number of nitrogens with one attached hydrogen (secondary N) is 1. The fourth-order valence-electron chi connectivity index (χ4n) is 1.76. The van der Waals surface area contributed by atoms with E-state index in [0.29, 0.717) is 0 Å². The van der Waals surface area contributed by atoms with Crippen molar-refractivity contribution in [2.75, 3.05) is 6.54 Å². The molecule has 2 aromatic rings. The van der Waals surface area contributed by atoms with Gasteiger partial charge in [-0.1, -0.05) is 23.4 Å². The van der Waals surface area contributed by atoms with E-state index >= 15 is 0 Å². The van der Waals surface area contributed by atoms with E-state index in [1.54, 1.807) is 12.5 Å². The lowest BCUT2D eigenvalue weighted by Gasteiger charge is -2.07. The van der Waals surface area contributed by atoms with E-state index in [1.807, 2.05) is 35.0 Å². The van der Waals surface area contributed by atoms with Gasteiger partial charge < -0.3 is 20.8 Å². The second-order valence-electron chi connectivity index (χ2n) is 4.16. The second kappa shape index (κ2) is 6.55. The number of hydrogen-bond donors (Lipinski definition) is 3. The van der Waals surface area contributed by atoms with Gasteiger partial charge in [-0.15, -0.1) is 0 Å². The molecule has 100 valence electrons. The average Bonchev–Trinajstić information content (AvgIpc) is 2.96. The van der Waals surface area contributed by atoms with Crippen molar-refractivity contribution in [1.82, 2.24) is 14.9 Å². The first-order valence-electron chi connectivity index (χ1n) is 6.03. The van der Waals surface area contributed by atoms with Gasteiger partial charge in [0.05, 0.1) is 6.33 Å². The highest BCUT2D eigenvalue weighted by Gasteiger charge is 2.00. The highest BCUT2D eigenvalue weighted by molar-refractivity contribution is 5.97. The predicted molar refractivity (Wildman–Crippen MR) is 72.9 cm³/mol. The van der Waals surface area contributed by atoms with Crippen molar-refractivity contribution in [3.63, 3.8) is 0 Å². The van der Waals surface area contributed by atoms with E-state index in [9.17, 15) is 0 Å². The zero-order valence-electron chi connectivity index (χ0n) is 10.5. The number of nitrogens with zero attached hydrogens (tertiary/aromatic N) is 3. The number of benzene rings is 1. The third-order valence-electron chi connectivity index (χ3n) is 2.77. The number of hydrogen-bond acceptors (Lipinski definition) is 4. The summed E-state index contributed by atoms with van der Waals surface area (Å²) in [4.78, 5) is 3.98. The fraction of sp³-hybridized carbons (Fsp3) is 0.231. The van der Waals surface area contributed by atoms with Gasteiger partial charge in [0.2, 0.25) is 0 Å². The van der Waals surface area contributed by atoms with Gasteiger partial charge in [-0.3, -0.25) is 0 Å². The molecule has 0 unspecified atom stereocenters. The Morgan fingerprint density at radius 3 is 3.11 bits per heavy atom. The van der Waals surface area contributed by atoms with E-state index in [2.05, 4.69) is 15.5 Å². The number of oxime groups is 1. The summed E-state index contributed by atoms with van der Waals surface area (Å²) >= 11 is 0. The quantitative estimate of drug-likeness (QED) is 0.235.